The Morgan fingerprint density at radius 2 is 1.17 bits per heavy atom. The van der Waals surface area contributed by atoms with Gasteiger partial charge in [-0.3, -0.25) is 0 Å². The summed E-state index contributed by atoms with van der Waals surface area (Å²) in [6.45, 7) is 4.25. The Balaban J connectivity index is 0. The summed E-state index contributed by atoms with van der Waals surface area (Å²) in [5.74, 6) is 0. The van der Waals surface area contributed by atoms with Crippen molar-refractivity contribution in [2.24, 2.45) is 0 Å². The van der Waals surface area contributed by atoms with Gasteiger partial charge in [-0.2, -0.15) is 0 Å². The second kappa shape index (κ2) is 20.2. The Kier molecular flexibility index (Phi) is 31.6. The molecule has 0 rings (SSSR count). The van der Waals surface area contributed by atoms with Gasteiger partial charge in [0, 0.05) is 0 Å². The molecular formula is C5H15N. The van der Waals surface area contributed by atoms with Gasteiger partial charge in [0.15, 0.2) is 0 Å². The Labute approximate surface area is 40.8 Å². The van der Waals surface area contributed by atoms with Crippen molar-refractivity contribution in [3.63, 3.8) is 0 Å². The van der Waals surface area contributed by atoms with Gasteiger partial charge < -0.3 is 5.32 Å². The molecule has 1 N–H and O–H groups in total. The average Bonchev–Trinajstić information content (AvgIpc) is 1.39. The van der Waals surface area contributed by atoms with E-state index >= 15 is 0 Å². The van der Waals surface area contributed by atoms with Crippen LogP contribution in [0.1, 0.15) is 20.3 Å². The third kappa shape index (κ3) is 21700. The molecule has 0 aliphatic carbocycles. The lowest BCUT2D eigenvalue weighted by Crippen LogP contribution is -1.89. The molecule has 1 nitrogen and oxygen atoms in total. The third-order valence-corrected chi connectivity index (χ3v) is 0. The quantitative estimate of drug-likeness (QED) is 0.471. The summed E-state index contributed by atoms with van der Waals surface area (Å²) in [5, 5.41) is 2.75. The smallest absolute Gasteiger partial charge is 0.0167 e. The minimum Gasteiger partial charge on any atom is -0.323 e. The van der Waals surface area contributed by atoms with E-state index in [2.05, 4.69) is 19.2 Å². The van der Waals surface area contributed by atoms with Crippen LogP contribution in [-0.2, 0) is 0 Å². The molecule has 0 aromatic rings. The maximum Gasteiger partial charge on any atom is -0.0167 e. The zero-order valence-corrected chi connectivity index (χ0v) is 5.21. The number of nitrogens with one attached hydrogen (secondary N) is 1. The van der Waals surface area contributed by atoms with Crippen molar-refractivity contribution in [3.8, 4) is 0 Å². The lowest BCUT2D eigenvalue weighted by Gasteiger charge is -1.59. The van der Waals surface area contributed by atoms with Crippen molar-refractivity contribution >= 4 is 0 Å². The van der Waals surface area contributed by atoms with Crippen LogP contribution < -0.4 is 5.32 Å². The maximum absolute atomic E-state index is 2.75. The van der Waals surface area contributed by atoms with Gasteiger partial charge in [-0.25, -0.2) is 0 Å². The number of rotatable bonds is 0. The molecule has 1 heteroatoms. The van der Waals surface area contributed by atoms with Crippen LogP contribution in [0.2, 0.25) is 0 Å². The minimum atomic E-state index is 1.25. The first-order chi connectivity index (χ1) is 2.83. The lowest BCUT2D eigenvalue weighted by atomic mass is 10.6. The summed E-state index contributed by atoms with van der Waals surface area (Å²) < 4.78 is 0. The minimum absolute atomic E-state index is 1.25. The van der Waals surface area contributed by atoms with Crippen molar-refractivity contribution in [1.82, 2.24) is 5.32 Å². The van der Waals surface area contributed by atoms with E-state index in [1.54, 1.807) is 0 Å². The van der Waals surface area contributed by atoms with Gasteiger partial charge in [0.1, 0.15) is 0 Å². The Morgan fingerprint density at radius 1 is 1.17 bits per heavy atom. The highest BCUT2D eigenvalue weighted by atomic mass is 14.7. The first kappa shape index (κ1) is 9.35. The van der Waals surface area contributed by atoms with Crippen molar-refractivity contribution in [3.05, 3.63) is 0 Å². The molecule has 40 valence electrons. The Hall–Kier alpha value is -0.0400. The Morgan fingerprint density at radius 3 is 1.17 bits per heavy atom. The van der Waals surface area contributed by atoms with E-state index in [9.17, 15) is 0 Å². The molecule has 0 aliphatic rings. The van der Waals surface area contributed by atoms with E-state index in [-0.39, 0.29) is 0 Å². The molecule has 0 heterocycles. The van der Waals surface area contributed by atoms with Crippen LogP contribution in [0.4, 0.5) is 0 Å². The monoisotopic (exact) mass is 89.1 g/mol. The summed E-state index contributed by atoms with van der Waals surface area (Å²) in [5.41, 5.74) is 0. The first-order valence-electron chi connectivity index (χ1n) is 2.41. The molecule has 6 heavy (non-hydrogen) atoms. The molecule has 0 amide bonds. The number of hydrogen-bond acceptors (Lipinski definition) is 1. The molecule has 0 spiro atoms. The molecule has 0 aromatic carbocycles. The van der Waals surface area contributed by atoms with E-state index in [0.717, 1.165) is 0 Å². The van der Waals surface area contributed by atoms with Crippen molar-refractivity contribution in [1.29, 1.82) is 0 Å². The second-order valence-electron chi connectivity index (χ2n) is 1.21. The molecule has 0 aromatic heterocycles. The predicted octanol–water partition coefficient (Wildman–Crippen LogP) is 1.25. The molecule has 0 bridgehead atoms. The highest BCUT2D eigenvalue weighted by molar-refractivity contribution is 3.92. The standard InChI is InChI=1S/C3H8.C2H7N/c2*1-3-2/h3H2,1-2H3;3H,1-2H3. The summed E-state index contributed by atoms with van der Waals surface area (Å²) >= 11 is 0. The summed E-state index contributed by atoms with van der Waals surface area (Å²) in [6.07, 6.45) is 1.25. The topological polar surface area (TPSA) is 12.0 Å². The normalized spacial score (nSPS) is 6.00. The van der Waals surface area contributed by atoms with Crippen LogP contribution in [0.25, 0.3) is 0 Å². The molecule has 0 fully saturated rings. The van der Waals surface area contributed by atoms with E-state index in [1.807, 2.05) is 14.1 Å². The summed E-state index contributed by atoms with van der Waals surface area (Å²) in [6, 6.07) is 0. The zero-order valence-electron chi connectivity index (χ0n) is 5.21. The summed E-state index contributed by atoms with van der Waals surface area (Å²) in [4.78, 5) is 0. The van der Waals surface area contributed by atoms with Crippen molar-refractivity contribution in [2.45, 2.75) is 20.3 Å². The molecule has 0 atom stereocenters. The maximum atomic E-state index is 2.75. The molecule has 0 saturated heterocycles. The predicted molar refractivity (Wildman–Crippen MR) is 30.9 cm³/mol. The van der Waals surface area contributed by atoms with Gasteiger partial charge in [0.2, 0.25) is 0 Å². The third-order valence-electron chi connectivity index (χ3n) is 0. The molecular weight excluding hydrogens is 74.1 g/mol. The van der Waals surface area contributed by atoms with Crippen LogP contribution in [0, 0.1) is 0 Å². The van der Waals surface area contributed by atoms with Crippen LogP contribution >= 0.6 is 0 Å². The zero-order chi connectivity index (χ0) is 5.41. The van der Waals surface area contributed by atoms with Crippen molar-refractivity contribution in [2.75, 3.05) is 14.1 Å². The Bertz CT molecular complexity index is 5.90. The van der Waals surface area contributed by atoms with Crippen molar-refractivity contribution < 1.29 is 0 Å². The van der Waals surface area contributed by atoms with Crippen LogP contribution in [0.3, 0.4) is 0 Å². The fourth-order valence-corrected chi connectivity index (χ4v) is 0. The van der Waals surface area contributed by atoms with Gasteiger partial charge >= 0.3 is 0 Å². The molecule has 0 aliphatic heterocycles. The largest absolute Gasteiger partial charge is 0.323 e. The van der Waals surface area contributed by atoms with E-state index < -0.39 is 0 Å². The van der Waals surface area contributed by atoms with Gasteiger partial charge in [0.25, 0.3) is 0 Å². The van der Waals surface area contributed by atoms with E-state index in [1.165, 1.54) is 6.42 Å². The number of hydrogen-bond donors (Lipinski definition) is 1. The SMILES string of the molecule is CCC.CNC. The van der Waals surface area contributed by atoms with Gasteiger partial charge in [-0.1, -0.05) is 20.3 Å². The molecule has 0 saturated carbocycles. The molecule has 0 radical (unpaired) electrons. The lowest BCUT2D eigenvalue weighted by molar-refractivity contribution is 1.02. The van der Waals surface area contributed by atoms with Crippen LogP contribution in [0.15, 0.2) is 0 Å². The van der Waals surface area contributed by atoms with Crippen LogP contribution in [0.5, 0.6) is 0 Å². The second-order valence-corrected chi connectivity index (χ2v) is 1.21. The van der Waals surface area contributed by atoms with Gasteiger partial charge in [-0.05, 0) is 14.1 Å². The highest BCUT2D eigenvalue weighted by Gasteiger charge is 1.35. The van der Waals surface area contributed by atoms with Gasteiger partial charge in [-0.15, -0.1) is 0 Å². The summed E-state index contributed by atoms with van der Waals surface area (Å²) in [7, 11) is 3.75. The fourth-order valence-electron chi connectivity index (χ4n) is 0. The molecule has 0 unspecified atom stereocenters. The highest BCUT2D eigenvalue weighted by Crippen LogP contribution is 1.56. The van der Waals surface area contributed by atoms with E-state index in [4.69, 9.17) is 0 Å². The van der Waals surface area contributed by atoms with E-state index in [0.29, 0.717) is 0 Å². The first-order valence-corrected chi connectivity index (χ1v) is 2.41. The fraction of sp³-hybridized carbons (Fsp3) is 1.00. The average molecular weight is 89.2 g/mol. The van der Waals surface area contributed by atoms with Crippen LogP contribution in [-0.4, -0.2) is 14.1 Å². The van der Waals surface area contributed by atoms with Gasteiger partial charge in [0.05, 0.1) is 0 Å².